The van der Waals surface area contributed by atoms with Gasteiger partial charge in [0.25, 0.3) is 0 Å². The average Bonchev–Trinajstić information content (AvgIpc) is 2.34. The maximum Gasteiger partial charge on any atom is 0.384 e. The first-order valence-corrected chi connectivity index (χ1v) is 4.90. The monoisotopic (exact) mass is 340 g/mol. The van der Waals surface area contributed by atoms with Crippen molar-refractivity contribution in [2.75, 3.05) is 6.61 Å². The number of allylic oxidation sites excluding steroid dienone is 2. The average molecular weight is 341 g/mol. The molecule has 118 valence electrons. The summed E-state index contributed by atoms with van der Waals surface area (Å²) in [6.45, 7) is -2.52. The van der Waals surface area contributed by atoms with Gasteiger partial charge in [-0.05, 0) is 0 Å². The van der Waals surface area contributed by atoms with Crippen LogP contribution >= 0.6 is 11.6 Å². The number of hydrogen-bond acceptors (Lipinski definition) is 1. The Morgan fingerprint density at radius 2 is 1.45 bits per heavy atom. The van der Waals surface area contributed by atoms with Crippen LogP contribution in [-0.2, 0) is 4.74 Å². The van der Waals surface area contributed by atoms with Crippen LogP contribution < -0.4 is 0 Å². The third-order valence-electron chi connectivity index (χ3n) is 2.28. The van der Waals surface area contributed by atoms with Gasteiger partial charge in [0.15, 0.2) is 12.4 Å². The number of rotatable bonds is 4. The fourth-order valence-electron chi connectivity index (χ4n) is 1.14. The lowest BCUT2D eigenvalue weighted by Gasteiger charge is -2.25. The highest BCUT2D eigenvalue weighted by Gasteiger charge is 2.81. The minimum Gasteiger partial charge on any atom is -0.483 e. The standard InChI is InChI=1S/C8H3ClF10O/c9-2-3(20-1-5(12,13)4(10)11)7(16,17)8(18,19)6(2,14)15/h4H,1H2. The second-order valence-electron chi connectivity index (χ2n) is 3.72. The number of halogens is 11. The van der Waals surface area contributed by atoms with Crippen molar-refractivity contribution >= 4 is 11.6 Å². The molecule has 12 heteroatoms. The van der Waals surface area contributed by atoms with E-state index in [-0.39, 0.29) is 0 Å². The van der Waals surface area contributed by atoms with Gasteiger partial charge in [-0.2, -0.15) is 35.1 Å². The van der Waals surface area contributed by atoms with E-state index < -0.39 is 47.5 Å². The molecule has 0 spiro atoms. The van der Waals surface area contributed by atoms with Crippen molar-refractivity contribution in [2.45, 2.75) is 30.1 Å². The molecule has 0 aromatic heterocycles. The molecule has 1 aliphatic carbocycles. The van der Waals surface area contributed by atoms with Crippen LogP contribution in [0.2, 0.25) is 0 Å². The minimum absolute atomic E-state index is 2.52. The summed E-state index contributed by atoms with van der Waals surface area (Å²) in [4.78, 5) is 0. The highest BCUT2D eigenvalue weighted by molar-refractivity contribution is 6.31. The zero-order chi connectivity index (χ0) is 16.1. The van der Waals surface area contributed by atoms with Gasteiger partial charge in [0, 0.05) is 0 Å². The first-order chi connectivity index (χ1) is 8.69. The zero-order valence-corrected chi connectivity index (χ0v) is 9.61. The van der Waals surface area contributed by atoms with E-state index >= 15 is 0 Å². The summed E-state index contributed by atoms with van der Waals surface area (Å²) in [6, 6.07) is 0. The van der Waals surface area contributed by atoms with E-state index in [1.165, 1.54) is 0 Å². The van der Waals surface area contributed by atoms with Crippen molar-refractivity contribution in [3.05, 3.63) is 10.8 Å². The topological polar surface area (TPSA) is 9.23 Å². The van der Waals surface area contributed by atoms with Gasteiger partial charge < -0.3 is 4.74 Å². The second kappa shape index (κ2) is 4.57. The SMILES string of the molecule is FC(F)C(F)(F)COC1=C(Cl)C(F)(F)C(F)(F)C1(F)F. The summed E-state index contributed by atoms with van der Waals surface area (Å²) in [5.41, 5.74) is 0. The van der Waals surface area contributed by atoms with Gasteiger partial charge in [0.05, 0.1) is 0 Å². The van der Waals surface area contributed by atoms with Crippen molar-refractivity contribution in [3.63, 3.8) is 0 Å². The third kappa shape index (κ3) is 2.19. The lowest BCUT2D eigenvalue weighted by atomic mass is 10.2. The smallest absolute Gasteiger partial charge is 0.384 e. The Labute approximate surface area is 109 Å². The maximum atomic E-state index is 13.0. The molecule has 0 N–H and O–H groups in total. The molecule has 0 amide bonds. The van der Waals surface area contributed by atoms with Crippen molar-refractivity contribution in [2.24, 2.45) is 0 Å². The second-order valence-corrected chi connectivity index (χ2v) is 4.09. The molecule has 0 atom stereocenters. The summed E-state index contributed by atoms with van der Waals surface area (Å²) >= 11 is 4.56. The van der Waals surface area contributed by atoms with E-state index in [9.17, 15) is 43.9 Å². The van der Waals surface area contributed by atoms with Gasteiger partial charge in [0.1, 0.15) is 5.03 Å². The summed E-state index contributed by atoms with van der Waals surface area (Å²) in [6.07, 6.45) is -4.38. The van der Waals surface area contributed by atoms with Crippen LogP contribution in [0.3, 0.4) is 0 Å². The van der Waals surface area contributed by atoms with Crippen LogP contribution in [0.15, 0.2) is 10.8 Å². The summed E-state index contributed by atoms with van der Waals surface area (Å²) < 4.78 is 129. The Morgan fingerprint density at radius 3 is 1.75 bits per heavy atom. The number of alkyl halides is 10. The highest BCUT2D eigenvalue weighted by Crippen LogP contribution is 2.60. The van der Waals surface area contributed by atoms with Crippen molar-refractivity contribution < 1.29 is 48.6 Å². The lowest BCUT2D eigenvalue weighted by molar-refractivity contribution is -0.272. The van der Waals surface area contributed by atoms with Crippen molar-refractivity contribution in [3.8, 4) is 0 Å². The molecule has 0 aromatic rings. The summed E-state index contributed by atoms with van der Waals surface area (Å²) in [7, 11) is 0. The molecule has 0 aromatic carbocycles. The van der Waals surface area contributed by atoms with Gasteiger partial charge in [-0.15, -0.1) is 0 Å². The molecular weight excluding hydrogens is 338 g/mol. The van der Waals surface area contributed by atoms with Crippen molar-refractivity contribution in [1.82, 2.24) is 0 Å². The Bertz CT molecular complexity index is 429. The van der Waals surface area contributed by atoms with E-state index in [1.54, 1.807) is 0 Å². The quantitative estimate of drug-likeness (QED) is 0.694. The first kappa shape index (κ1) is 17.2. The fraction of sp³-hybridized carbons (Fsp3) is 0.750. The molecule has 1 rings (SSSR count). The van der Waals surface area contributed by atoms with Crippen LogP contribution in [-0.4, -0.2) is 36.7 Å². The zero-order valence-electron chi connectivity index (χ0n) is 8.85. The predicted molar refractivity (Wildman–Crippen MR) is 44.6 cm³/mol. The predicted octanol–water partition coefficient (Wildman–Crippen LogP) is 4.27. The van der Waals surface area contributed by atoms with E-state index in [2.05, 4.69) is 16.3 Å². The molecule has 0 saturated heterocycles. The minimum atomic E-state index is -6.04. The molecule has 1 aliphatic rings. The van der Waals surface area contributed by atoms with E-state index in [1.807, 2.05) is 0 Å². The fourth-order valence-corrected chi connectivity index (χ4v) is 1.44. The maximum absolute atomic E-state index is 13.0. The molecule has 0 unspecified atom stereocenters. The molecule has 20 heavy (non-hydrogen) atoms. The van der Waals surface area contributed by atoms with Gasteiger partial charge in [-0.25, -0.2) is 8.78 Å². The molecule has 0 aliphatic heterocycles. The number of ether oxygens (including phenoxy) is 1. The van der Waals surface area contributed by atoms with Gasteiger partial charge >= 0.3 is 30.1 Å². The third-order valence-corrected chi connectivity index (χ3v) is 2.69. The van der Waals surface area contributed by atoms with Crippen molar-refractivity contribution in [1.29, 1.82) is 0 Å². The van der Waals surface area contributed by atoms with Gasteiger partial charge in [0.2, 0.25) is 0 Å². The Balaban J connectivity index is 3.09. The van der Waals surface area contributed by atoms with E-state index in [0.717, 1.165) is 0 Å². The van der Waals surface area contributed by atoms with Crippen LogP contribution in [0.25, 0.3) is 0 Å². The molecule has 0 heterocycles. The van der Waals surface area contributed by atoms with Crippen LogP contribution in [0.5, 0.6) is 0 Å². The van der Waals surface area contributed by atoms with Crippen LogP contribution in [0.4, 0.5) is 43.9 Å². The normalized spacial score (nSPS) is 24.4. The Kier molecular flexibility index (Phi) is 3.92. The molecule has 0 saturated carbocycles. The Hall–Kier alpha value is -0.870. The molecule has 0 fully saturated rings. The lowest BCUT2D eigenvalue weighted by Crippen LogP contribution is -2.49. The van der Waals surface area contributed by atoms with E-state index in [0.29, 0.717) is 0 Å². The number of hydrogen-bond donors (Lipinski definition) is 0. The first-order valence-electron chi connectivity index (χ1n) is 4.52. The molecule has 0 bridgehead atoms. The Morgan fingerprint density at radius 1 is 1.00 bits per heavy atom. The van der Waals surface area contributed by atoms with Gasteiger partial charge in [-0.1, -0.05) is 11.6 Å². The summed E-state index contributed by atoms with van der Waals surface area (Å²) in [5, 5.41) is -2.52. The summed E-state index contributed by atoms with van der Waals surface area (Å²) in [5.74, 6) is -25.0. The molecular formula is C8H3ClF10O. The van der Waals surface area contributed by atoms with Gasteiger partial charge in [-0.3, -0.25) is 0 Å². The largest absolute Gasteiger partial charge is 0.483 e. The van der Waals surface area contributed by atoms with E-state index in [4.69, 9.17) is 0 Å². The highest BCUT2D eigenvalue weighted by atomic mass is 35.5. The molecule has 1 nitrogen and oxygen atoms in total. The molecule has 0 radical (unpaired) electrons. The van der Waals surface area contributed by atoms with Crippen LogP contribution in [0, 0.1) is 0 Å². The van der Waals surface area contributed by atoms with Crippen LogP contribution in [0.1, 0.15) is 0 Å².